The van der Waals surface area contributed by atoms with Crippen molar-refractivity contribution in [2.75, 3.05) is 6.61 Å². The Morgan fingerprint density at radius 3 is 2.55 bits per heavy atom. The number of rotatable bonds is 4. The van der Waals surface area contributed by atoms with Gasteiger partial charge in [0.15, 0.2) is 0 Å². The lowest BCUT2D eigenvalue weighted by Crippen LogP contribution is -2.56. The van der Waals surface area contributed by atoms with Crippen LogP contribution in [0.15, 0.2) is 23.3 Å². The maximum absolute atomic E-state index is 12.5. The molecule has 12 atom stereocenters. The minimum Gasteiger partial charge on any atom is -0.456 e. The van der Waals surface area contributed by atoms with Crippen LogP contribution in [-0.2, 0) is 23.8 Å². The molecule has 1 spiro atoms. The smallest absolute Gasteiger partial charge is 0.334 e. The van der Waals surface area contributed by atoms with Gasteiger partial charge in [0.1, 0.15) is 17.8 Å². The quantitative estimate of drug-likeness (QED) is 0.313. The van der Waals surface area contributed by atoms with Crippen molar-refractivity contribution >= 4 is 11.9 Å². The van der Waals surface area contributed by atoms with Crippen molar-refractivity contribution in [1.82, 2.24) is 0 Å². The molecule has 4 N–H and O–H groups in total. The largest absolute Gasteiger partial charge is 0.456 e. The fraction of sp³-hybridized carbons (Fsp3) is 0.793. The zero-order valence-corrected chi connectivity index (χ0v) is 22.6. The van der Waals surface area contributed by atoms with Gasteiger partial charge in [0.25, 0.3) is 0 Å². The van der Waals surface area contributed by atoms with E-state index in [9.17, 15) is 30.0 Å². The first kappa shape index (κ1) is 26.4. The maximum Gasteiger partial charge on any atom is 0.334 e. The fourth-order valence-electron chi connectivity index (χ4n) is 9.31. The third kappa shape index (κ3) is 3.35. The van der Waals surface area contributed by atoms with Gasteiger partial charge in [-0.15, -0.1) is 0 Å². The van der Waals surface area contributed by atoms with E-state index in [2.05, 4.69) is 0 Å². The standard InChI is InChI=1S/C29H40O9/c1-14-9-18(36-25(14)34)24(33)15(2)16-10-21(31)27(4)17(16)7-8-28(35)12-29-19(5-6-20(27)28)26(3,13-30)37-22(29)11-23(32)38-29/h7,9,15-16,18-22,24,30-31,33,35H,5-6,8,10-13H2,1-4H3. The lowest BCUT2D eigenvalue weighted by molar-refractivity contribution is -0.165. The van der Waals surface area contributed by atoms with Crippen molar-refractivity contribution in [3.05, 3.63) is 23.3 Å². The summed E-state index contributed by atoms with van der Waals surface area (Å²) < 4.78 is 17.6. The number of aliphatic hydroxyl groups is 4. The monoisotopic (exact) mass is 532 g/mol. The molecule has 0 radical (unpaired) electrons. The van der Waals surface area contributed by atoms with Crippen LogP contribution in [0, 0.1) is 29.1 Å². The highest BCUT2D eigenvalue weighted by atomic mass is 16.6. The zero-order valence-electron chi connectivity index (χ0n) is 22.6. The number of hydrogen-bond donors (Lipinski definition) is 4. The van der Waals surface area contributed by atoms with E-state index in [1.807, 2.05) is 26.8 Å². The second kappa shape index (κ2) is 8.36. The van der Waals surface area contributed by atoms with Crippen LogP contribution < -0.4 is 0 Å². The van der Waals surface area contributed by atoms with Crippen LogP contribution >= 0.6 is 0 Å². The summed E-state index contributed by atoms with van der Waals surface area (Å²) in [6.45, 7) is 7.24. The van der Waals surface area contributed by atoms with E-state index in [4.69, 9.17) is 14.2 Å². The normalized spacial score (nSPS) is 51.1. The van der Waals surface area contributed by atoms with Crippen molar-refractivity contribution in [1.29, 1.82) is 0 Å². The van der Waals surface area contributed by atoms with Gasteiger partial charge in [-0.1, -0.05) is 25.5 Å². The number of esters is 2. The Kier molecular flexibility index (Phi) is 5.82. The SMILES string of the molecule is CC1=CC(C(O)C(C)C2CC(O)C3(C)C2=CCC2(O)CC45OC(=O)CC4OC(C)(CO)C5CCC23)OC1=O. The summed E-state index contributed by atoms with van der Waals surface area (Å²) in [5, 5.41) is 45.3. The molecular formula is C29H40O9. The summed E-state index contributed by atoms with van der Waals surface area (Å²) in [4.78, 5) is 24.4. The van der Waals surface area contributed by atoms with Crippen molar-refractivity contribution < 1.29 is 44.2 Å². The lowest BCUT2D eigenvalue weighted by Gasteiger charge is -2.51. The van der Waals surface area contributed by atoms with Gasteiger partial charge in [0, 0.05) is 23.3 Å². The number of aliphatic hydroxyl groups excluding tert-OH is 3. The molecule has 3 aliphatic carbocycles. The molecule has 12 unspecified atom stereocenters. The first-order chi connectivity index (χ1) is 17.8. The van der Waals surface area contributed by atoms with Crippen LogP contribution in [0.1, 0.15) is 66.2 Å². The third-order valence-corrected chi connectivity index (χ3v) is 11.3. The molecule has 0 bridgehead atoms. The van der Waals surface area contributed by atoms with E-state index in [0.717, 1.165) is 5.57 Å². The molecule has 0 aromatic carbocycles. The summed E-state index contributed by atoms with van der Waals surface area (Å²) in [7, 11) is 0. The van der Waals surface area contributed by atoms with E-state index in [1.165, 1.54) is 0 Å². The molecule has 0 aromatic heterocycles. The molecule has 9 nitrogen and oxygen atoms in total. The lowest BCUT2D eigenvalue weighted by atomic mass is 9.56. The van der Waals surface area contributed by atoms with Gasteiger partial charge in [-0.25, -0.2) is 4.79 Å². The van der Waals surface area contributed by atoms with E-state index in [-0.39, 0.29) is 49.1 Å². The molecule has 0 amide bonds. The number of carbonyl (C=O) groups excluding carboxylic acids is 2. The number of carbonyl (C=O) groups is 2. The molecule has 9 heteroatoms. The van der Waals surface area contributed by atoms with Gasteiger partial charge >= 0.3 is 11.9 Å². The van der Waals surface area contributed by atoms with E-state index in [0.29, 0.717) is 31.3 Å². The highest BCUT2D eigenvalue weighted by molar-refractivity contribution is 5.90. The minimum atomic E-state index is -1.24. The first-order valence-electron chi connectivity index (χ1n) is 14.0. The molecule has 4 fully saturated rings. The Hall–Kier alpha value is -1.78. The van der Waals surface area contributed by atoms with Crippen molar-refractivity contribution in [3.8, 4) is 0 Å². The second-order valence-electron chi connectivity index (χ2n) is 13.2. The summed E-state index contributed by atoms with van der Waals surface area (Å²) in [6, 6.07) is 0. The maximum atomic E-state index is 12.5. The molecular weight excluding hydrogens is 492 g/mol. The average molecular weight is 533 g/mol. The van der Waals surface area contributed by atoms with Gasteiger partial charge in [0.05, 0.1) is 36.4 Å². The van der Waals surface area contributed by atoms with Crippen LogP contribution in [0.25, 0.3) is 0 Å². The Balaban J connectivity index is 1.34. The predicted molar refractivity (Wildman–Crippen MR) is 133 cm³/mol. The third-order valence-electron chi connectivity index (χ3n) is 11.3. The van der Waals surface area contributed by atoms with Gasteiger partial charge in [0.2, 0.25) is 0 Å². The molecule has 3 heterocycles. The van der Waals surface area contributed by atoms with Gasteiger partial charge in [-0.3, -0.25) is 4.79 Å². The van der Waals surface area contributed by atoms with Gasteiger partial charge < -0.3 is 34.6 Å². The van der Waals surface area contributed by atoms with Crippen LogP contribution in [0.2, 0.25) is 0 Å². The number of fused-ring (bicyclic) bond motifs is 3. The van der Waals surface area contributed by atoms with Crippen LogP contribution in [0.3, 0.4) is 0 Å². The summed E-state index contributed by atoms with van der Waals surface area (Å²) in [6.07, 6.45) is 2.97. The van der Waals surface area contributed by atoms with Crippen LogP contribution in [0.5, 0.6) is 0 Å². The van der Waals surface area contributed by atoms with Crippen LogP contribution in [0.4, 0.5) is 0 Å². The second-order valence-corrected chi connectivity index (χ2v) is 13.2. The average Bonchev–Trinajstić information content (AvgIpc) is 3.46. The zero-order chi connectivity index (χ0) is 27.4. The van der Waals surface area contributed by atoms with Crippen molar-refractivity contribution in [3.63, 3.8) is 0 Å². The molecule has 210 valence electrons. The minimum absolute atomic E-state index is 0.102. The molecule has 2 saturated carbocycles. The van der Waals surface area contributed by atoms with Crippen molar-refractivity contribution in [2.24, 2.45) is 29.1 Å². The van der Waals surface area contributed by atoms with E-state index >= 15 is 0 Å². The Morgan fingerprint density at radius 1 is 1.18 bits per heavy atom. The molecule has 3 aliphatic heterocycles. The Morgan fingerprint density at radius 2 is 1.89 bits per heavy atom. The summed E-state index contributed by atoms with van der Waals surface area (Å²) in [5.74, 6) is -1.80. The molecule has 2 saturated heterocycles. The van der Waals surface area contributed by atoms with E-state index < -0.39 is 52.6 Å². The van der Waals surface area contributed by atoms with E-state index in [1.54, 1.807) is 13.0 Å². The molecule has 0 aromatic rings. The van der Waals surface area contributed by atoms with Crippen molar-refractivity contribution in [2.45, 2.75) is 107 Å². The van der Waals surface area contributed by atoms with Gasteiger partial charge in [-0.2, -0.15) is 0 Å². The molecule has 38 heavy (non-hydrogen) atoms. The highest BCUT2D eigenvalue weighted by Gasteiger charge is 2.72. The Bertz CT molecular complexity index is 1120. The summed E-state index contributed by atoms with van der Waals surface area (Å²) >= 11 is 0. The topological polar surface area (TPSA) is 143 Å². The Labute approximate surface area is 222 Å². The predicted octanol–water partition coefficient (Wildman–Crippen LogP) is 1.56. The van der Waals surface area contributed by atoms with Gasteiger partial charge in [-0.05, 0) is 63.4 Å². The number of cyclic esters (lactones) is 1. The van der Waals surface area contributed by atoms with Crippen LogP contribution in [-0.4, -0.2) is 80.2 Å². The first-order valence-corrected chi connectivity index (χ1v) is 14.0. The molecule has 6 aliphatic rings. The fourth-order valence-corrected chi connectivity index (χ4v) is 9.31. The number of ether oxygens (including phenoxy) is 3. The summed E-state index contributed by atoms with van der Waals surface area (Å²) in [5.41, 5.74) is -2.37. The number of hydrogen-bond acceptors (Lipinski definition) is 9. The highest BCUT2D eigenvalue weighted by Crippen LogP contribution is 2.66. The molecule has 6 rings (SSSR count).